The van der Waals surface area contributed by atoms with Gasteiger partial charge in [-0.3, -0.25) is 4.57 Å². The van der Waals surface area contributed by atoms with E-state index in [1.54, 1.807) is 44.2 Å². The van der Waals surface area contributed by atoms with Crippen LogP contribution in [-0.4, -0.2) is 24.3 Å². The van der Waals surface area contributed by atoms with E-state index in [1.165, 1.54) is 0 Å². The van der Waals surface area contributed by atoms with E-state index in [0.29, 0.717) is 10.6 Å². The minimum absolute atomic E-state index is 0.0857. The highest BCUT2D eigenvalue weighted by Gasteiger charge is 2.58. The van der Waals surface area contributed by atoms with E-state index in [2.05, 4.69) is 0 Å². The molecule has 7 heteroatoms. The van der Waals surface area contributed by atoms with Crippen molar-refractivity contribution in [3.05, 3.63) is 46.5 Å². The number of benzene rings is 1. The van der Waals surface area contributed by atoms with E-state index in [0.717, 1.165) is 0 Å². The van der Waals surface area contributed by atoms with Gasteiger partial charge in [0.05, 0.1) is 13.2 Å². The van der Waals surface area contributed by atoms with E-state index in [-0.39, 0.29) is 31.1 Å². The van der Waals surface area contributed by atoms with Crippen molar-refractivity contribution in [1.29, 1.82) is 0 Å². The van der Waals surface area contributed by atoms with E-state index >= 15 is 0 Å². The van der Waals surface area contributed by atoms with Crippen LogP contribution in [-0.2, 0) is 23.6 Å². The maximum Gasteiger partial charge on any atom is 0.342 e. The molecule has 0 amide bonds. The normalized spacial score (nSPS) is 24.0. The van der Waals surface area contributed by atoms with Crippen LogP contribution in [0.3, 0.4) is 0 Å². The first-order chi connectivity index (χ1) is 11.3. The molecule has 24 heavy (non-hydrogen) atoms. The summed E-state index contributed by atoms with van der Waals surface area (Å²) >= 11 is 5.98. The lowest BCUT2D eigenvalue weighted by atomic mass is 9.88. The number of aliphatic carboxylic acids is 1. The van der Waals surface area contributed by atoms with Crippen LogP contribution in [0.5, 0.6) is 0 Å². The largest absolute Gasteiger partial charge is 0.478 e. The predicted molar refractivity (Wildman–Crippen MR) is 93.5 cm³/mol. The van der Waals surface area contributed by atoms with Gasteiger partial charge in [-0.1, -0.05) is 36.7 Å². The van der Waals surface area contributed by atoms with E-state index < -0.39 is 18.7 Å². The molecule has 0 radical (unpaired) electrons. The highest BCUT2D eigenvalue weighted by molar-refractivity contribution is 7.55. The molecular formula is C17H22ClO5P. The first kappa shape index (κ1) is 19.2. The number of carbonyl (C=O) groups is 1. The molecule has 0 saturated carbocycles. The van der Waals surface area contributed by atoms with Crippen molar-refractivity contribution in [3.8, 4) is 0 Å². The van der Waals surface area contributed by atoms with Gasteiger partial charge in [0.1, 0.15) is 5.16 Å². The maximum absolute atomic E-state index is 13.7. The highest BCUT2D eigenvalue weighted by atomic mass is 35.5. The molecule has 0 fully saturated rings. The van der Waals surface area contributed by atoms with Gasteiger partial charge in [0.2, 0.25) is 0 Å². The predicted octanol–water partition coefficient (Wildman–Crippen LogP) is 4.85. The summed E-state index contributed by atoms with van der Waals surface area (Å²) in [5, 5.41) is 8.90. The van der Waals surface area contributed by atoms with Crippen molar-refractivity contribution in [3.63, 3.8) is 0 Å². The first-order valence-electron chi connectivity index (χ1n) is 7.90. The molecule has 0 heterocycles. The summed E-state index contributed by atoms with van der Waals surface area (Å²) in [6, 6.07) is 6.93. The third-order valence-corrected chi connectivity index (χ3v) is 7.62. The molecule has 0 bridgehead atoms. The van der Waals surface area contributed by atoms with Crippen LogP contribution in [0.4, 0.5) is 0 Å². The molecule has 1 aliphatic rings. The fourth-order valence-corrected chi connectivity index (χ4v) is 6.06. The van der Waals surface area contributed by atoms with Gasteiger partial charge >= 0.3 is 13.6 Å². The van der Waals surface area contributed by atoms with Crippen LogP contribution in [0.1, 0.15) is 32.8 Å². The lowest BCUT2D eigenvalue weighted by Crippen LogP contribution is -2.32. The summed E-state index contributed by atoms with van der Waals surface area (Å²) in [5.41, 5.74) is 0.925. The maximum atomic E-state index is 13.7. The van der Waals surface area contributed by atoms with Gasteiger partial charge in [0, 0.05) is 17.0 Å². The summed E-state index contributed by atoms with van der Waals surface area (Å²) in [4.78, 5) is 11.5. The number of halogens is 1. The molecule has 0 unspecified atom stereocenters. The minimum atomic E-state index is -3.63. The average Bonchev–Trinajstić information content (AvgIpc) is 2.88. The molecule has 1 aromatic carbocycles. The minimum Gasteiger partial charge on any atom is -0.478 e. The highest BCUT2D eigenvalue weighted by Crippen LogP contribution is 2.72. The summed E-state index contributed by atoms with van der Waals surface area (Å²) in [7, 11) is -3.63. The second-order valence-electron chi connectivity index (χ2n) is 5.73. The standard InChI is InChI=1S/C17H22ClO5P/c1-4-22-24(21,23-5-2)17(14-6-8-15(18)9-7-14)11-13(16(19)20)10-12(17)3/h6-10,12H,4-5,11H2,1-3H3,(H,19,20)/t12-,17-/m0/s1. The fourth-order valence-electron chi connectivity index (χ4n) is 3.31. The zero-order valence-electron chi connectivity index (χ0n) is 14.0. The lowest BCUT2D eigenvalue weighted by Gasteiger charge is -2.39. The molecule has 5 nitrogen and oxygen atoms in total. The molecule has 1 aromatic rings. The topological polar surface area (TPSA) is 72.8 Å². The van der Waals surface area contributed by atoms with Gasteiger partial charge in [0.15, 0.2) is 0 Å². The Morgan fingerprint density at radius 2 is 1.83 bits per heavy atom. The molecule has 132 valence electrons. The van der Waals surface area contributed by atoms with Crippen molar-refractivity contribution < 1.29 is 23.5 Å². The summed E-state index contributed by atoms with van der Waals surface area (Å²) in [6.07, 6.45) is 1.73. The fraction of sp³-hybridized carbons (Fsp3) is 0.471. The Hall–Kier alpha value is -1.13. The SMILES string of the molecule is CCOP(=O)(OCC)[C@@]1(c2ccc(Cl)cc2)CC(C(=O)O)=C[C@@H]1C. The monoisotopic (exact) mass is 372 g/mol. The molecular weight excluding hydrogens is 351 g/mol. The number of rotatable bonds is 7. The van der Waals surface area contributed by atoms with Gasteiger partial charge in [-0.2, -0.15) is 0 Å². The van der Waals surface area contributed by atoms with Crippen LogP contribution < -0.4 is 0 Å². The van der Waals surface area contributed by atoms with E-state index in [1.807, 2.05) is 6.92 Å². The number of carboxylic acid groups (broad SMARTS) is 1. The Morgan fingerprint density at radius 1 is 1.29 bits per heavy atom. The number of allylic oxidation sites excluding steroid dienone is 1. The molecule has 0 saturated heterocycles. The van der Waals surface area contributed by atoms with Crippen molar-refractivity contribution >= 4 is 25.2 Å². The van der Waals surface area contributed by atoms with Gasteiger partial charge in [-0.25, -0.2) is 4.79 Å². The average molecular weight is 373 g/mol. The first-order valence-corrected chi connectivity index (χ1v) is 9.82. The smallest absolute Gasteiger partial charge is 0.342 e. The van der Waals surface area contributed by atoms with Gasteiger partial charge in [0.25, 0.3) is 0 Å². The van der Waals surface area contributed by atoms with Crippen molar-refractivity contribution in [2.24, 2.45) is 5.92 Å². The van der Waals surface area contributed by atoms with Crippen molar-refractivity contribution in [2.45, 2.75) is 32.3 Å². The number of carboxylic acids is 1. The Kier molecular flexibility index (Phi) is 5.92. The van der Waals surface area contributed by atoms with Crippen LogP contribution in [0, 0.1) is 5.92 Å². The lowest BCUT2D eigenvalue weighted by molar-refractivity contribution is -0.132. The molecule has 2 rings (SSSR count). The molecule has 1 N–H and O–H groups in total. The van der Waals surface area contributed by atoms with Gasteiger partial charge in [-0.05, 0) is 37.5 Å². The quantitative estimate of drug-likeness (QED) is 0.692. The van der Waals surface area contributed by atoms with E-state index in [4.69, 9.17) is 20.6 Å². The molecule has 0 aliphatic heterocycles. The van der Waals surface area contributed by atoms with Crippen molar-refractivity contribution in [2.75, 3.05) is 13.2 Å². The van der Waals surface area contributed by atoms with E-state index in [9.17, 15) is 14.5 Å². The second kappa shape index (κ2) is 7.40. The van der Waals surface area contributed by atoms with Gasteiger partial charge < -0.3 is 14.2 Å². The summed E-state index contributed by atoms with van der Waals surface area (Å²) in [5.74, 6) is -1.34. The Bertz CT molecular complexity index is 675. The Labute approximate surface area is 147 Å². The van der Waals surface area contributed by atoms with Gasteiger partial charge in [-0.15, -0.1) is 0 Å². The number of hydrogen-bond acceptors (Lipinski definition) is 4. The van der Waals surface area contributed by atoms with Crippen LogP contribution >= 0.6 is 19.2 Å². The Morgan fingerprint density at radius 3 is 2.25 bits per heavy atom. The zero-order valence-corrected chi connectivity index (χ0v) is 15.6. The summed E-state index contributed by atoms with van der Waals surface area (Å²) in [6.45, 7) is 5.75. The zero-order chi connectivity index (χ0) is 18.0. The third-order valence-electron chi connectivity index (χ3n) is 4.37. The Balaban J connectivity index is 2.65. The second-order valence-corrected chi connectivity index (χ2v) is 8.47. The van der Waals surface area contributed by atoms with Crippen LogP contribution in [0.15, 0.2) is 35.9 Å². The summed E-state index contributed by atoms with van der Waals surface area (Å²) < 4.78 is 24.9. The molecule has 1 aliphatic carbocycles. The molecule has 0 spiro atoms. The van der Waals surface area contributed by atoms with Crippen molar-refractivity contribution in [1.82, 2.24) is 0 Å². The molecule has 0 aromatic heterocycles. The van der Waals surface area contributed by atoms with Crippen LogP contribution in [0.25, 0.3) is 0 Å². The third kappa shape index (κ3) is 3.18. The number of hydrogen-bond donors (Lipinski definition) is 1. The molecule has 2 atom stereocenters. The van der Waals surface area contributed by atoms with Crippen LogP contribution in [0.2, 0.25) is 5.02 Å².